The third-order valence-electron chi connectivity index (χ3n) is 5.80. The number of nitrogens with zero attached hydrogens (tertiary/aromatic N) is 1. The summed E-state index contributed by atoms with van der Waals surface area (Å²) in [5, 5.41) is 14.4. The van der Waals surface area contributed by atoms with Crippen molar-refractivity contribution in [2.24, 2.45) is 0 Å². The van der Waals surface area contributed by atoms with Crippen LogP contribution in [0.25, 0.3) is 39.1 Å². The average Bonchev–Trinajstić information content (AvgIpc) is 3.25. The highest BCUT2D eigenvalue weighted by atomic mass is 19.4. The Kier molecular flexibility index (Phi) is 5.93. The van der Waals surface area contributed by atoms with Gasteiger partial charge in [-0.3, -0.25) is 4.79 Å². The van der Waals surface area contributed by atoms with Crippen molar-refractivity contribution in [1.82, 2.24) is 15.3 Å². The molecule has 36 heavy (non-hydrogen) atoms. The Morgan fingerprint density at radius 1 is 0.972 bits per heavy atom. The number of benzene rings is 3. The minimum atomic E-state index is -4.41. The zero-order chi connectivity index (χ0) is 25.3. The zero-order valence-corrected chi connectivity index (χ0v) is 18.8. The van der Waals surface area contributed by atoms with Gasteiger partial charge in [-0.2, -0.15) is 13.2 Å². The van der Waals surface area contributed by atoms with Gasteiger partial charge in [-0.05, 0) is 60.2 Å². The number of fused-ring (bicyclic) bond motifs is 3. The van der Waals surface area contributed by atoms with Crippen molar-refractivity contribution in [2.75, 3.05) is 0 Å². The number of para-hydroxylation sites is 1. The standard InChI is InChI=1S/C28H20F3N3O2/c29-28(30,31)19-10-5-17(6-11-19)7-14-25(36)32-16-20-15-23-22-3-1-2-4-24(22)34-27(23)26(33-20)18-8-12-21(35)13-9-18/h1-15,34-35H,16H2,(H,32,36)/b14-7+. The lowest BCUT2D eigenvalue weighted by Crippen LogP contribution is -2.21. The fourth-order valence-electron chi connectivity index (χ4n) is 4.01. The summed E-state index contributed by atoms with van der Waals surface area (Å²) in [6, 6.07) is 21.1. The van der Waals surface area contributed by atoms with Crippen LogP contribution in [-0.2, 0) is 17.5 Å². The molecule has 0 atom stereocenters. The molecule has 0 bridgehead atoms. The topological polar surface area (TPSA) is 78.0 Å². The highest BCUT2D eigenvalue weighted by Crippen LogP contribution is 2.33. The van der Waals surface area contributed by atoms with Gasteiger partial charge in [-0.15, -0.1) is 0 Å². The molecule has 0 saturated carbocycles. The average molecular weight is 487 g/mol. The number of amides is 1. The molecule has 2 heterocycles. The van der Waals surface area contributed by atoms with Crippen LogP contribution < -0.4 is 5.32 Å². The maximum atomic E-state index is 12.7. The summed E-state index contributed by atoms with van der Waals surface area (Å²) in [7, 11) is 0. The molecule has 0 aliphatic heterocycles. The van der Waals surface area contributed by atoms with Crippen molar-refractivity contribution in [3.05, 3.63) is 102 Å². The molecule has 0 aliphatic rings. The fraction of sp³-hybridized carbons (Fsp3) is 0.0714. The zero-order valence-electron chi connectivity index (χ0n) is 18.8. The minimum Gasteiger partial charge on any atom is -0.508 e. The monoisotopic (exact) mass is 487 g/mol. The predicted octanol–water partition coefficient (Wildman–Crippen LogP) is 6.44. The van der Waals surface area contributed by atoms with Crippen molar-refractivity contribution >= 4 is 33.8 Å². The van der Waals surface area contributed by atoms with Crippen LogP contribution in [0.2, 0.25) is 0 Å². The molecule has 180 valence electrons. The molecule has 0 saturated heterocycles. The Bertz CT molecular complexity index is 1590. The van der Waals surface area contributed by atoms with Crippen molar-refractivity contribution in [1.29, 1.82) is 0 Å². The van der Waals surface area contributed by atoms with Crippen LogP contribution in [0.3, 0.4) is 0 Å². The molecule has 5 nitrogen and oxygen atoms in total. The maximum Gasteiger partial charge on any atom is 0.416 e. The van der Waals surface area contributed by atoms with Gasteiger partial charge in [-0.25, -0.2) is 4.98 Å². The number of aromatic nitrogens is 2. The van der Waals surface area contributed by atoms with Crippen LogP contribution in [0, 0.1) is 0 Å². The summed E-state index contributed by atoms with van der Waals surface area (Å²) in [4.78, 5) is 20.6. The van der Waals surface area contributed by atoms with Gasteiger partial charge in [-0.1, -0.05) is 30.3 Å². The van der Waals surface area contributed by atoms with E-state index in [-0.39, 0.29) is 12.3 Å². The molecule has 3 N–H and O–H groups in total. The molecule has 0 unspecified atom stereocenters. The van der Waals surface area contributed by atoms with Gasteiger partial charge in [0.2, 0.25) is 5.91 Å². The van der Waals surface area contributed by atoms with E-state index in [0.29, 0.717) is 17.0 Å². The molecule has 0 aliphatic carbocycles. The Balaban J connectivity index is 1.40. The molecule has 0 fully saturated rings. The second kappa shape index (κ2) is 9.22. The van der Waals surface area contributed by atoms with E-state index in [0.717, 1.165) is 39.5 Å². The smallest absolute Gasteiger partial charge is 0.416 e. The quantitative estimate of drug-likeness (QED) is 0.250. The highest BCUT2D eigenvalue weighted by Gasteiger charge is 2.29. The molecule has 5 aromatic rings. The van der Waals surface area contributed by atoms with Crippen LogP contribution in [0.4, 0.5) is 13.2 Å². The van der Waals surface area contributed by atoms with Crippen LogP contribution >= 0.6 is 0 Å². The molecule has 8 heteroatoms. The van der Waals surface area contributed by atoms with Crippen molar-refractivity contribution in [2.45, 2.75) is 12.7 Å². The number of rotatable bonds is 5. The molecule has 5 rings (SSSR count). The second-order valence-corrected chi connectivity index (χ2v) is 8.27. The second-order valence-electron chi connectivity index (χ2n) is 8.27. The number of alkyl halides is 3. The fourth-order valence-corrected chi connectivity index (χ4v) is 4.01. The lowest BCUT2D eigenvalue weighted by Gasteiger charge is -2.08. The van der Waals surface area contributed by atoms with E-state index in [1.807, 2.05) is 30.3 Å². The number of aromatic hydroxyl groups is 1. The van der Waals surface area contributed by atoms with Crippen LogP contribution in [0.15, 0.2) is 84.9 Å². The van der Waals surface area contributed by atoms with Gasteiger partial charge in [0.25, 0.3) is 0 Å². The van der Waals surface area contributed by atoms with Crippen LogP contribution in [0.1, 0.15) is 16.8 Å². The van der Waals surface area contributed by atoms with E-state index in [9.17, 15) is 23.1 Å². The Morgan fingerprint density at radius 2 is 1.69 bits per heavy atom. The van der Waals surface area contributed by atoms with Gasteiger partial charge in [0.05, 0.1) is 29.0 Å². The predicted molar refractivity (Wildman–Crippen MR) is 133 cm³/mol. The lowest BCUT2D eigenvalue weighted by molar-refractivity contribution is -0.137. The van der Waals surface area contributed by atoms with E-state index in [4.69, 9.17) is 4.98 Å². The first kappa shape index (κ1) is 23.2. The minimum absolute atomic E-state index is 0.148. The van der Waals surface area contributed by atoms with Gasteiger partial charge in [0, 0.05) is 27.9 Å². The van der Waals surface area contributed by atoms with Gasteiger partial charge < -0.3 is 15.4 Å². The number of aromatic amines is 1. The summed E-state index contributed by atoms with van der Waals surface area (Å²) in [6.45, 7) is 0.150. The number of pyridine rings is 1. The molecular formula is C28H20F3N3O2. The van der Waals surface area contributed by atoms with Gasteiger partial charge in [0.15, 0.2) is 0 Å². The van der Waals surface area contributed by atoms with Gasteiger partial charge in [0.1, 0.15) is 5.75 Å². The summed E-state index contributed by atoms with van der Waals surface area (Å²) in [5.41, 5.74) is 3.66. The Hall–Kier alpha value is -4.59. The number of hydrogen-bond acceptors (Lipinski definition) is 3. The molecule has 3 aromatic carbocycles. The number of H-pyrrole nitrogens is 1. The van der Waals surface area contributed by atoms with E-state index in [1.165, 1.54) is 24.3 Å². The largest absolute Gasteiger partial charge is 0.508 e. The van der Waals surface area contributed by atoms with Crippen molar-refractivity contribution in [3.8, 4) is 17.0 Å². The van der Waals surface area contributed by atoms with E-state index < -0.39 is 17.6 Å². The summed E-state index contributed by atoms with van der Waals surface area (Å²) in [6.07, 6.45) is -1.68. The van der Waals surface area contributed by atoms with Crippen molar-refractivity contribution < 1.29 is 23.1 Å². The van der Waals surface area contributed by atoms with Gasteiger partial charge >= 0.3 is 6.18 Å². The van der Waals surface area contributed by atoms with E-state index in [2.05, 4.69) is 10.3 Å². The number of halogens is 3. The first-order valence-corrected chi connectivity index (χ1v) is 11.1. The third kappa shape index (κ3) is 4.79. The first-order chi connectivity index (χ1) is 17.3. The number of hydrogen-bond donors (Lipinski definition) is 3. The SMILES string of the molecule is O=C(/C=C/c1ccc(C(F)(F)F)cc1)NCc1cc2c([nH]c3ccccc32)c(-c2ccc(O)cc2)n1. The Morgan fingerprint density at radius 3 is 2.42 bits per heavy atom. The number of phenols is 1. The Labute approximate surface area is 203 Å². The molecule has 0 radical (unpaired) electrons. The van der Waals surface area contributed by atoms with Crippen molar-refractivity contribution in [3.63, 3.8) is 0 Å². The summed E-state index contributed by atoms with van der Waals surface area (Å²) >= 11 is 0. The van der Waals surface area contributed by atoms with Crippen LogP contribution in [-0.4, -0.2) is 21.0 Å². The van der Waals surface area contributed by atoms with Crippen LogP contribution in [0.5, 0.6) is 5.75 Å². The number of carbonyl (C=O) groups excluding carboxylic acids is 1. The third-order valence-corrected chi connectivity index (χ3v) is 5.80. The molecule has 0 spiro atoms. The molecule has 2 aromatic heterocycles. The normalized spacial score (nSPS) is 12.0. The number of nitrogens with one attached hydrogen (secondary N) is 2. The van der Waals surface area contributed by atoms with E-state index >= 15 is 0 Å². The summed E-state index contributed by atoms with van der Waals surface area (Å²) < 4.78 is 38.1. The number of phenolic OH excluding ortho intramolecular Hbond substituents is 1. The first-order valence-electron chi connectivity index (χ1n) is 11.1. The maximum absolute atomic E-state index is 12.7. The summed E-state index contributed by atoms with van der Waals surface area (Å²) in [5.74, 6) is -0.253. The highest BCUT2D eigenvalue weighted by molar-refractivity contribution is 6.11. The number of carbonyl (C=O) groups is 1. The molecule has 1 amide bonds. The van der Waals surface area contributed by atoms with E-state index in [1.54, 1.807) is 24.3 Å². The molecular weight excluding hydrogens is 467 g/mol. The lowest BCUT2D eigenvalue weighted by atomic mass is 10.1.